The molecule has 0 saturated carbocycles. The first-order chi connectivity index (χ1) is 9.95. The fraction of sp³-hybridized carbons (Fsp3) is 0.375. The minimum Gasteiger partial charge on any atom is -0.370 e. The van der Waals surface area contributed by atoms with Crippen molar-refractivity contribution in [3.63, 3.8) is 0 Å². The maximum Gasteiger partial charge on any atom is 0.193 e. The molecule has 0 bridgehead atoms. The molecule has 0 aliphatic rings. The Bertz CT molecular complexity index is 649. The van der Waals surface area contributed by atoms with Crippen LogP contribution in [0.4, 0.5) is 5.69 Å². The number of aliphatic imine (C=N–C) groups is 1. The molecule has 1 aromatic heterocycles. The molecule has 0 radical (unpaired) electrons. The summed E-state index contributed by atoms with van der Waals surface area (Å²) in [4.78, 5) is 9.94. The molecule has 0 fully saturated rings. The lowest BCUT2D eigenvalue weighted by Crippen LogP contribution is -2.22. The first-order valence-corrected chi connectivity index (χ1v) is 7.87. The number of nitrogens with two attached hydrogens (primary N) is 1. The van der Waals surface area contributed by atoms with Crippen molar-refractivity contribution in [3.8, 4) is 0 Å². The zero-order valence-electron chi connectivity index (χ0n) is 13.4. The van der Waals surface area contributed by atoms with E-state index in [-0.39, 0.29) is 24.0 Å². The molecule has 3 N–H and O–H groups in total. The van der Waals surface area contributed by atoms with E-state index < -0.39 is 0 Å². The molecule has 0 aliphatic carbocycles. The SMILES string of the molecule is Cc1nc(C)c(CN=C(N)Nc2cccc(C(C)C)c2)s1.I. The van der Waals surface area contributed by atoms with Crippen LogP contribution in [0, 0.1) is 13.8 Å². The molecule has 0 aliphatic heterocycles. The Hall–Kier alpha value is -1.15. The highest BCUT2D eigenvalue weighted by atomic mass is 127. The Kier molecular flexibility index (Phi) is 7.28. The second-order valence-electron chi connectivity index (χ2n) is 5.35. The maximum absolute atomic E-state index is 5.96. The molecule has 22 heavy (non-hydrogen) atoms. The van der Waals surface area contributed by atoms with Gasteiger partial charge in [0.25, 0.3) is 0 Å². The van der Waals surface area contributed by atoms with Crippen molar-refractivity contribution in [2.45, 2.75) is 40.2 Å². The highest BCUT2D eigenvalue weighted by Gasteiger charge is 2.04. The number of benzene rings is 1. The van der Waals surface area contributed by atoms with Crippen molar-refractivity contribution in [1.29, 1.82) is 0 Å². The Balaban J connectivity index is 0.00000242. The fourth-order valence-corrected chi connectivity index (χ4v) is 2.90. The summed E-state index contributed by atoms with van der Waals surface area (Å²) in [5.74, 6) is 0.925. The van der Waals surface area contributed by atoms with Crippen molar-refractivity contribution < 1.29 is 0 Å². The Morgan fingerprint density at radius 3 is 2.68 bits per heavy atom. The smallest absolute Gasteiger partial charge is 0.193 e. The molecule has 0 spiro atoms. The minimum atomic E-state index is 0. The van der Waals surface area contributed by atoms with Gasteiger partial charge in [-0.15, -0.1) is 35.3 Å². The predicted molar refractivity (Wildman–Crippen MR) is 106 cm³/mol. The van der Waals surface area contributed by atoms with E-state index in [4.69, 9.17) is 5.73 Å². The maximum atomic E-state index is 5.96. The van der Waals surface area contributed by atoms with Crippen LogP contribution >= 0.6 is 35.3 Å². The average Bonchev–Trinajstić information content (AvgIpc) is 2.75. The summed E-state index contributed by atoms with van der Waals surface area (Å²) in [5, 5.41) is 4.21. The molecule has 4 nitrogen and oxygen atoms in total. The number of nitrogens with zero attached hydrogens (tertiary/aromatic N) is 2. The van der Waals surface area contributed by atoms with Crippen LogP contribution in [0.15, 0.2) is 29.3 Å². The second kappa shape index (κ2) is 8.47. The Morgan fingerprint density at radius 2 is 2.09 bits per heavy atom. The molecule has 2 aromatic rings. The van der Waals surface area contributed by atoms with Crippen LogP contribution in [0.3, 0.4) is 0 Å². The Labute approximate surface area is 153 Å². The van der Waals surface area contributed by atoms with Crippen molar-refractivity contribution >= 4 is 47.0 Å². The van der Waals surface area contributed by atoms with Gasteiger partial charge in [0.05, 0.1) is 17.2 Å². The second-order valence-corrected chi connectivity index (χ2v) is 6.64. The van der Waals surface area contributed by atoms with Crippen LogP contribution in [0.2, 0.25) is 0 Å². The first kappa shape index (κ1) is 18.9. The van der Waals surface area contributed by atoms with Gasteiger partial charge in [-0.25, -0.2) is 9.98 Å². The summed E-state index contributed by atoms with van der Waals surface area (Å²) in [5.41, 5.74) is 9.25. The van der Waals surface area contributed by atoms with Crippen LogP contribution in [0.1, 0.15) is 40.9 Å². The predicted octanol–water partition coefficient (Wildman–Crippen LogP) is 4.43. The number of hydrogen-bond donors (Lipinski definition) is 2. The number of rotatable bonds is 4. The Morgan fingerprint density at radius 1 is 1.36 bits per heavy atom. The van der Waals surface area contributed by atoms with Gasteiger partial charge in [-0.05, 0) is 37.5 Å². The van der Waals surface area contributed by atoms with Gasteiger partial charge in [-0.2, -0.15) is 0 Å². The van der Waals surface area contributed by atoms with Gasteiger partial charge in [0.1, 0.15) is 0 Å². The molecule has 6 heteroatoms. The summed E-state index contributed by atoms with van der Waals surface area (Å²) in [6.45, 7) is 8.92. The number of aromatic nitrogens is 1. The van der Waals surface area contributed by atoms with Gasteiger partial charge in [0.2, 0.25) is 0 Å². The summed E-state index contributed by atoms with van der Waals surface area (Å²) in [6, 6.07) is 8.25. The minimum absolute atomic E-state index is 0. The molecular formula is C16H23IN4S. The van der Waals surface area contributed by atoms with Gasteiger partial charge in [-0.3, -0.25) is 0 Å². The van der Waals surface area contributed by atoms with Crippen LogP contribution in [0.25, 0.3) is 0 Å². The molecular weight excluding hydrogens is 407 g/mol. The van der Waals surface area contributed by atoms with E-state index in [0.717, 1.165) is 21.3 Å². The standard InChI is InChI=1S/C16H22N4S.HI/c1-10(2)13-6-5-7-14(8-13)20-16(17)18-9-15-11(3)19-12(4)21-15;/h5-8,10H,9H2,1-4H3,(H3,17,18,20);1H. The van der Waals surface area contributed by atoms with Crippen molar-refractivity contribution in [2.24, 2.45) is 10.7 Å². The molecule has 1 aromatic carbocycles. The number of halogens is 1. The van der Waals surface area contributed by atoms with E-state index in [1.165, 1.54) is 5.56 Å². The van der Waals surface area contributed by atoms with Crippen molar-refractivity contribution in [3.05, 3.63) is 45.4 Å². The van der Waals surface area contributed by atoms with Crippen LogP contribution in [-0.4, -0.2) is 10.9 Å². The van der Waals surface area contributed by atoms with E-state index in [0.29, 0.717) is 18.4 Å². The lowest BCUT2D eigenvalue weighted by atomic mass is 10.0. The lowest BCUT2D eigenvalue weighted by Gasteiger charge is -2.09. The summed E-state index contributed by atoms with van der Waals surface area (Å²) in [7, 11) is 0. The number of hydrogen-bond acceptors (Lipinski definition) is 3. The highest BCUT2D eigenvalue weighted by Crippen LogP contribution is 2.19. The van der Waals surface area contributed by atoms with E-state index in [2.05, 4.69) is 41.3 Å². The van der Waals surface area contributed by atoms with Crippen molar-refractivity contribution in [1.82, 2.24) is 4.98 Å². The molecule has 0 saturated heterocycles. The van der Waals surface area contributed by atoms with Crippen LogP contribution in [0.5, 0.6) is 0 Å². The molecule has 1 heterocycles. The summed E-state index contributed by atoms with van der Waals surface area (Å²) < 4.78 is 0. The number of guanidine groups is 1. The molecule has 120 valence electrons. The summed E-state index contributed by atoms with van der Waals surface area (Å²) >= 11 is 1.67. The monoisotopic (exact) mass is 430 g/mol. The van der Waals surface area contributed by atoms with E-state index in [1.807, 2.05) is 26.0 Å². The van der Waals surface area contributed by atoms with E-state index in [9.17, 15) is 0 Å². The quantitative estimate of drug-likeness (QED) is 0.429. The third-order valence-corrected chi connectivity index (χ3v) is 4.28. The zero-order chi connectivity index (χ0) is 15.4. The fourth-order valence-electron chi connectivity index (χ4n) is 2.04. The summed E-state index contributed by atoms with van der Waals surface area (Å²) in [6.07, 6.45) is 0. The van der Waals surface area contributed by atoms with Crippen molar-refractivity contribution in [2.75, 3.05) is 5.32 Å². The number of aryl methyl sites for hydroxylation is 2. The average molecular weight is 430 g/mol. The lowest BCUT2D eigenvalue weighted by molar-refractivity contribution is 0.867. The van der Waals surface area contributed by atoms with Crippen LogP contribution < -0.4 is 11.1 Å². The van der Waals surface area contributed by atoms with Gasteiger partial charge in [0, 0.05) is 10.6 Å². The van der Waals surface area contributed by atoms with Gasteiger partial charge in [-0.1, -0.05) is 26.0 Å². The molecule has 0 unspecified atom stereocenters. The third kappa shape index (κ3) is 5.24. The first-order valence-electron chi connectivity index (χ1n) is 7.05. The molecule has 2 rings (SSSR count). The van der Waals surface area contributed by atoms with E-state index in [1.54, 1.807) is 11.3 Å². The number of anilines is 1. The molecule has 0 amide bonds. The number of thiazole rings is 1. The van der Waals surface area contributed by atoms with Gasteiger partial charge < -0.3 is 11.1 Å². The zero-order valence-corrected chi connectivity index (χ0v) is 16.5. The topological polar surface area (TPSA) is 63.3 Å². The third-order valence-electron chi connectivity index (χ3n) is 3.22. The number of nitrogens with one attached hydrogen (secondary N) is 1. The molecule has 0 atom stereocenters. The van der Waals surface area contributed by atoms with Crippen LogP contribution in [-0.2, 0) is 6.54 Å². The van der Waals surface area contributed by atoms with Gasteiger partial charge in [0.15, 0.2) is 5.96 Å². The normalized spacial score (nSPS) is 11.4. The van der Waals surface area contributed by atoms with Gasteiger partial charge >= 0.3 is 0 Å². The van der Waals surface area contributed by atoms with E-state index >= 15 is 0 Å². The largest absolute Gasteiger partial charge is 0.370 e. The highest BCUT2D eigenvalue weighted by molar-refractivity contribution is 14.0.